The number of rotatable bonds is 7. The van der Waals surface area contributed by atoms with Gasteiger partial charge in [-0.3, -0.25) is 15.2 Å². The molecular weight excluding hydrogens is 414 g/mol. The van der Waals surface area contributed by atoms with E-state index < -0.39 is 0 Å². The van der Waals surface area contributed by atoms with Gasteiger partial charge in [-0.25, -0.2) is 9.97 Å². The van der Waals surface area contributed by atoms with E-state index in [0.29, 0.717) is 12.6 Å². The van der Waals surface area contributed by atoms with Crippen LogP contribution in [0.4, 0.5) is 5.95 Å². The van der Waals surface area contributed by atoms with Crippen LogP contribution in [0.5, 0.6) is 0 Å². The van der Waals surface area contributed by atoms with Crippen LogP contribution in [-0.2, 0) is 16.0 Å². The zero-order chi connectivity index (χ0) is 22.5. The maximum Gasteiger partial charge on any atom is 0.220 e. The minimum absolute atomic E-state index is 0.133. The second-order valence-electron chi connectivity index (χ2n) is 8.34. The van der Waals surface area contributed by atoms with Gasteiger partial charge in [-0.1, -0.05) is 60.7 Å². The molecule has 1 aliphatic heterocycles. The fourth-order valence-corrected chi connectivity index (χ4v) is 4.49. The fraction of sp³-hybridized carbons (Fsp3) is 0.308. The van der Waals surface area contributed by atoms with Crippen molar-refractivity contribution in [1.82, 2.24) is 20.3 Å². The van der Waals surface area contributed by atoms with Gasteiger partial charge >= 0.3 is 0 Å². The maximum absolute atomic E-state index is 5.93. The van der Waals surface area contributed by atoms with Crippen LogP contribution in [0, 0.1) is 0 Å². The zero-order valence-electron chi connectivity index (χ0n) is 18.6. The van der Waals surface area contributed by atoms with E-state index in [9.17, 15) is 0 Å². The molecule has 5 rings (SSSR count). The second-order valence-corrected chi connectivity index (χ2v) is 8.34. The van der Waals surface area contributed by atoms with Gasteiger partial charge in [0, 0.05) is 43.7 Å². The Balaban J connectivity index is 1.39. The van der Waals surface area contributed by atoms with Gasteiger partial charge in [0.15, 0.2) is 0 Å². The smallest absolute Gasteiger partial charge is 0.220 e. The molecule has 0 spiro atoms. The average Bonchev–Trinajstić information content (AvgIpc) is 2.87. The van der Waals surface area contributed by atoms with Crippen molar-refractivity contribution in [1.29, 1.82) is 0 Å². The van der Waals surface area contributed by atoms with Crippen LogP contribution in [0.15, 0.2) is 66.9 Å². The average molecular weight is 444 g/mol. The SMILES string of the molecule is Nc1ncc2c(n1)CC(c1ccccc1-c1ccccc1)C=C2NOCCN1CCOCC1. The van der Waals surface area contributed by atoms with Gasteiger partial charge in [-0.15, -0.1) is 0 Å². The second kappa shape index (κ2) is 10.1. The molecule has 0 radical (unpaired) electrons. The van der Waals surface area contributed by atoms with Crippen molar-refractivity contribution in [3.63, 3.8) is 0 Å². The summed E-state index contributed by atoms with van der Waals surface area (Å²) < 4.78 is 5.41. The fourth-order valence-electron chi connectivity index (χ4n) is 4.49. The summed E-state index contributed by atoms with van der Waals surface area (Å²) in [4.78, 5) is 17.0. The molecular formula is C26H29N5O2. The highest BCUT2D eigenvalue weighted by Gasteiger charge is 2.25. The molecule has 7 heteroatoms. The van der Waals surface area contributed by atoms with Gasteiger partial charge in [0.25, 0.3) is 0 Å². The first kappa shape index (κ1) is 21.6. The van der Waals surface area contributed by atoms with Crippen molar-refractivity contribution in [2.24, 2.45) is 0 Å². The molecule has 2 heterocycles. The summed E-state index contributed by atoms with van der Waals surface area (Å²) in [6, 6.07) is 19.0. The van der Waals surface area contributed by atoms with Crippen molar-refractivity contribution < 1.29 is 9.57 Å². The standard InChI is InChI=1S/C26H29N5O2/c27-26-28-18-23-24(29-26)16-20(17-25(23)30-33-15-12-31-10-13-32-14-11-31)22-9-5-4-8-21(22)19-6-2-1-3-7-19/h1-9,17-18,20,30H,10-16H2,(H2,27,28,29). The molecule has 0 saturated carbocycles. The number of anilines is 1. The van der Waals surface area contributed by atoms with Gasteiger partial charge in [-0.05, 0) is 16.7 Å². The van der Waals surface area contributed by atoms with E-state index in [4.69, 9.17) is 15.3 Å². The number of nitrogen functional groups attached to an aromatic ring is 1. The number of allylic oxidation sites excluding steroid dienone is 1. The van der Waals surface area contributed by atoms with E-state index in [1.54, 1.807) is 6.20 Å². The Morgan fingerprint density at radius 1 is 1.03 bits per heavy atom. The Bertz CT molecular complexity index is 1110. The first-order chi connectivity index (χ1) is 16.3. The summed E-state index contributed by atoms with van der Waals surface area (Å²) in [5.41, 5.74) is 15.5. The Hall–Kier alpha value is -3.26. The molecule has 0 bridgehead atoms. The molecule has 0 amide bonds. The largest absolute Gasteiger partial charge is 0.379 e. The Labute approximate surface area is 194 Å². The lowest BCUT2D eigenvalue weighted by Gasteiger charge is -2.27. The minimum atomic E-state index is 0.133. The quantitative estimate of drug-likeness (QED) is 0.428. The summed E-state index contributed by atoms with van der Waals surface area (Å²) in [5.74, 6) is 0.423. The molecule has 3 aromatic rings. The van der Waals surface area contributed by atoms with E-state index in [1.165, 1.54) is 16.7 Å². The molecule has 1 atom stereocenters. The predicted molar refractivity (Wildman–Crippen MR) is 129 cm³/mol. The molecule has 1 unspecified atom stereocenters. The van der Waals surface area contributed by atoms with Crippen LogP contribution in [0.1, 0.15) is 22.7 Å². The minimum Gasteiger partial charge on any atom is -0.379 e. The van der Waals surface area contributed by atoms with Crippen LogP contribution >= 0.6 is 0 Å². The highest BCUT2D eigenvalue weighted by Crippen LogP contribution is 2.37. The first-order valence-corrected chi connectivity index (χ1v) is 11.4. The highest BCUT2D eigenvalue weighted by atomic mass is 16.6. The number of ether oxygens (including phenoxy) is 1. The Morgan fingerprint density at radius 2 is 1.82 bits per heavy atom. The number of benzene rings is 2. The number of fused-ring (bicyclic) bond motifs is 1. The third-order valence-electron chi connectivity index (χ3n) is 6.20. The van der Waals surface area contributed by atoms with E-state index in [-0.39, 0.29) is 5.92 Å². The molecule has 3 N–H and O–H groups in total. The Morgan fingerprint density at radius 3 is 2.67 bits per heavy atom. The number of aromatic nitrogens is 2. The molecule has 1 aromatic heterocycles. The molecule has 1 fully saturated rings. The van der Waals surface area contributed by atoms with Gasteiger partial charge in [0.1, 0.15) is 0 Å². The summed E-state index contributed by atoms with van der Waals surface area (Å²) in [6.45, 7) is 4.89. The molecule has 2 aromatic carbocycles. The number of nitrogens with one attached hydrogen (secondary N) is 1. The monoisotopic (exact) mass is 443 g/mol. The highest BCUT2D eigenvalue weighted by molar-refractivity contribution is 5.73. The van der Waals surface area contributed by atoms with Crippen molar-refractivity contribution in [2.75, 3.05) is 45.2 Å². The Kier molecular flexibility index (Phi) is 6.62. The number of hydrogen-bond acceptors (Lipinski definition) is 7. The van der Waals surface area contributed by atoms with Gasteiger partial charge in [-0.2, -0.15) is 0 Å². The van der Waals surface area contributed by atoms with E-state index in [0.717, 1.165) is 56.2 Å². The number of hydroxylamine groups is 1. The molecule has 2 aliphatic rings. The van der Waals surface area contributed by atoms with E-state index in [2.05, 4.69) is 75.0 Å². The van der Waals surface area contributed by atoms with Crippen LogP contribution in [0.3, 0.4) is 0 Å². The third kappa shape index (κ3) is 5.06. The van der Waals surface area contributed by atoms with Crippen molar-refractivity contribution in [3.05, 3.63) is 83.7 Å². The number of nitrogens with zero attached hydrogens (tertiary/aromatic N) is 3. The predicted octanol–water partition coefficient (Wildman–Crippen LogP) is 3.26. The maximum atomic E-state index is 5.93. The number of morpholine rings is 1. The number of hydrogen-bond donors (Lipinski definition) is 2. The molecule has 170 valence electrons. The van der Waals surface area contributed by atoms with Crippen LogP contribution in [0.25, 0.3) is 16.8 Å². The summed E-state index contributed by atoms with van der Waals surface area (Å²) in [6.07, 6.45) is 4.75. The lowest BCUT2D eigenvalue weighted by atomic mass is 9.83. The lowest BCUT2D eigenvalue weighted by Crippen LogP contribution is -2.39. The van der Waals surface area contributed by atoms with Crippen LogP contribution < -0.4 is 11.2 Å². The van der Waals surface area contributed by atoms with Crippen molar-refractivity contribution >= 4 is 11.6 Å². The first-order valence-electron chi connectivity index (χ1n) is 11.4. The van der Waals surface area contributed by atoms with Gasteiger partial charge in [0.05, 0.1) is 31.2 Å². The topological polar surface area (TPSA) is 85.5 Å². The zero-order valence-corrected chi connectivity index (χ0v) is 18.6. The van der Waals surface area contributed by atoms with Gasteiger partial charge in [0.2, 0.25) is 5.95 Å². The lowest BCUT2D eigenvalue weighted by molar-refractivity contribution is 0.00845. The summed E-state index contributed by atoms with van der Waals surface area (Å²) >= 11 is 0. The third-order valence-corrected chi connectivity index (χ3v) is 6.20. The van der Waals surface area contributed by atoms with Crippen molar-refractivity contribution in [3.8, 4) is 11.1 Å². The number of nitrogens with two attached hydrogens (primary N) is 1. The van der Waals surface area contributed by atoms with Crippen molar-refractivity contribution in [2.45, 2.75) is 12.3 Å². The molecule has 33 heavy (non-hydrogen) atoms. The summed E-state index contributed by atoms with van der Waals surface area (Å²) in [7, 11) is 0. The molecule has 7 nitrogen and oxygen atoms in total. The van der Waals surface area contributed by atoms with Crippen LogP contribution in [-0.4, -0.2) is 54.3 Å². The van der Waals surface area contributed by atoms with Gasteiger partial charge < -0.3 is 10.5 Å². The van der Waals surface area contributed by atoms with E-state index >= 15 is 0 Å². The normalized spacial score (nSPS) is 18.4. The summed E-state index contributed by atoms with van der Waals surface area (Å²) in [5, 5.41) is 0. The molecule has 1 saturated heterocycles. The van der Waals surface area contributed by atoms with Crippen LogP contribution in [0.2, 0.25) is 0 Å². The van der Waals surface area contributed by atoms with E-state index in [1.807, 2.05) is 6.07 Å². The molecule has 1 aliphatic carbocycles.